The molecule has 0 saturated carbocycles. The van der Waals surface area contributed by atoms with Gasteiger partial charge in [-0.1, -0.05) is 45.2 Å². The molecule has 0 unspecified atom stereocenters. The number of ether oxygens (including phenoxy) is 1. The van der Waals surface area contributed by atoms with E-state index in [2.05, 4.69) is 18.5 Å². The first-order valence-corrected chi connectivity index (χ1v) is 4.94. The summed E-state index contributed by atoms with van der Waals surface area (Å²) >= 11 is 0. The number of hydrogen-bond donors (Lipinski definition) is 1. The molecule has 0 spiro atoms. The maximum absolute atomic E-state index is 11.2. The number of alkyl carbamates (subject to hydrolysis) is 1. The highest BCUT2D eigenvalue weighted by atomic mass is 16.5. The lowest BCUT2D eigenvalue weighted by Gasteiger charge is -2.08. The molecule has 0 aromatic carbocycles. The third-order valence-corrected chi connectivity index (χ3v) is 1.62. The summed E-state index contributed by atoms with van der Waals surface area (Å²) in [4.78, 5) is 11.2. The summed E-state index contributed by atoms with van der Waals surface area (Å²) in [5.74, 6) is 0.417. The van der Waals surface area contributed by atoms with Gasteiger partial charge >= 0.3 is 6.09 Å². The first-order valence-electron chi connectivity index (χ1n) is 4.94. The molecule has 0 fully saturated rings. The summed E-state index contributed by atoms with van der Waals surface area (Å²) in [7, 11) is 0. The van der Waals surface area contributed by atoms with Crippen molar-refractivity contribution in [3.63, 3.8) is 0 Å². The molecule has 3 nitrogen and oxygen atoms in total. The molecule has 86 valence electrons. The summed E-state index contributed by atoms with van der Waals surface area (Å²) < 4.78 is 4.96. The molecular weight excluding hydrogens is 190 g/mol. The fourth-order valence-corrected chi connectivity index (χ4v) is 0.814. The second-order valence-corrected chi connectivity index (χ2v) is 3.53. The lowest BCUT2D eigenvalue weighted by Crippen LogP contribution is -2.28. The van der Waals surface area contributed by atoms with E-state index in [1.165, 1.54) is 0 Å². The highest BCUT2D eigenvalue weighted by Crippen LogP contribution is 1.97. The average molecular weight is 211 g/mol. The Balaban J connectivity index is 0. The number of allylic oxidation sites excluding steroid dienone is 2. The molecule has 0 heterocycles. The Morgan fingerprint density at radius 1 is 1.53 bits per heavy atom. The second kappa shape index (κ2) is 7.85. The Morgan fingerprint density at radius 2 is 2.20 bits per heavy atom. The zero-order valence-electron chi connectivity index (χ0n) is 9.45. The summed E-state index contributed by atoms with van der Waals surface area (Å²) in [6.07, 6.45) is 4.62. The van der Waals surface area contributed by atoms with E-state index < -0.39 is 6.09 Å². The van der Waals surface area contributed by atoms with Crippen molar-refractivity contribution in [1.82, 2.24) is 5.32 Å². The van der Waals surface area contributed by atoms with Gasteiger partial charge < -0.3 is 10.1 Å². The minimum atomic E-state index is -0.402. The SMILES string of the molecule is C=C/C=C(\C=C)COC(=O)NCC(C)C.[HH]. The third kappa shape index (κ3) is 7.55. The van der Waals surface area contributed by atoms with Crippen molar-refractivity contribution in [3.8, 4) is 0 Å². The first-order chi connectivity index (χ1) is 7.10. The van der Waals surface area contributed by atoms with Crippen LogP contribution in [0.2, 0.25) is 0 Å². The lowest BCUT2D eigenvalue weighted by molar-refractivity contribution is 0.155. The van der Waals surface area contributed by atoms with Crippen LogP contribution < -0.4 is 5.32 Å². The minimum absolute atomic E-state index is 0. The Labute approximate surface area is 93.0 Å². The molecule has 3 heteroatoms. The van der Waals surface area contributed by atoms with Gasteiger partial charge in [0.2, 0.25) is 0 Å². The van der Waals surface area contributed by atoms with Crippen molar-refractivity contribution in [2.45, 2.75) is 13.8 Å². The number of nitrogens with one attached hydrogen (secondary N) is 1. The first kappa shape index (κ1) is 13.5. The van der Waals surface area contributed by atoms with Gasteiger partial charge in [-0.25, -0.2) is 4.79 Å². The predicted octanol–water partition coefficient (Wildman–Crippen LogP) is 2.91. The van der Waals surface area contributed by atoms with Crippen LogP contribution in [0.3, 0.4) is 0 Å². The largest absolute Gasteiger partial charge is 0.445 e. The van der Waals surface area contributed by atoms with Crippen LogP contribution in [0.1, 0.15) is 15.3 Å². The van der Waals surface area contributed by atoms with Gasteiger partial charge in [-0.3, -0.25) is 0 Å². The van der Waals surface area contributed by atoms with Crippen LogP contribution in [0.4, 0.5) is 4.79 Å². The van der Waals surface area contributed by atoms with Crippen LogP contribution in [0.25, 0.3) is 0 Å². The van der Waals surface area contributed by atoms with E-state index in [1.54, 1.807) is 18.2 Å². The average Bonchev–Trinajstić information content (AvgIpc) is 2.21. The maximum atomic E-state index is 11.2. The minimum Gasteiger partial charge on any atom is -0.445 e. The molecule has 1 amide bonds. The van der Waals surface area contributed by atoms with Crippen LogP contribution in [-0.2, 0) is 4.74 Å². The number of amides is 1. The summed E-state index contributed by atoms with van der Waals surface area (Å²) in [5, 5.41) is 2.66. The van der Waals surface area contributed by atoms with E-state index in [1.807, 2.05) is 13.8 Å². The lowest BCUT2D eigenvalue weighted by atomic mass is 10.2. The molecule has 0 aromatic heterocycles. The number of carbonyl (C=O) groups excluding carboxylic acids is 1. The summed E-state index contributed by atoms with van der Waals surface area (Å²) in [5.41, 5.74) is 0.824. The number of rotatable bonds is 6. The van der Waals surface area contributed by atoms with Crippen molar-refractivity contribution >= 4 is 6.09 Å². The zero-order valence-corrected chi connectivity index (χ0v) is 9.45. The van der Waals surface area contributed by atoms with Crippen molar-refractivity contribution in [3.05, 3.63) is 37.0 Å². The van der Waals surface area contributed by atoms with Crippen LogP contribution in [0.5, 0.6) is 0 Å². The van der Waals surface area contributed by atoms with E-state index in [4.69, 9.17) is 4.74 Å². The van der Waals surface area contributed by atoms with Crippen LogP contribution >= 0.6 is 0 Å². The van der Waals surface area contributed by atoms with Crippen molar-refractivity contribution in [1.29, 1.82) is 0 Å². The molecule has 0 aliphatic heterocycles. The van der Waals surface area contributed by atoms with E-state index >= 15 is 0 Å². The Hall–Kier alpha value is -1.51. The second-order valence-electron chi connectivity index (χ2n) is 3.53. The molecule has 0 atom stereocenters. The van der Waals surface area contributed by atoms with Gasteiger partial charge in [-0.15, -0.1) is 0 Å². The standard InChI is InChI=1S/C12H19NO2.H2/c1-5-7-11(6-2)9-15-12(14)13-8-10(3)4;/h5-7,10H,1-2,8-9H2,3-4H3,(H,13,14);1H/b11-7+;. The monoisotopic (exact) mass is 211 g/mol. The Morgan fingerprint density at radius 3 is 2.67 bits per heavy atom. The highest BCUT2D eigenvalue weighted by molar-refractivity contribution is 5.67. The number of hydrogen-bond acceptors (Lipinski definition) is 2. The molecule has 0 bridgehead atoms. The van der Waals surface area contributed by atoms with Gasteiger partial charge in [-0.2, -0.15) is 0 Å². The smallest absolute Gasteiger partial charge is 0.407 e. The maximum Gasteiger partial charge on any atom is 0.407 e. The van der Waals surface area contributed by atoms with Gasteiger partial charge in [0.05, 0.1) is 0 Å². The molecule has 0 aromatic rings. The van der Waals surface area contributed by atoms with Gasteiger partial charge in [0.25, 0.3) is 0 Å². The molecular formula is C12H21NO2. The van der Waals surface area contributed by atoms with Crippen LogP contribution in [0.15, 0.2) is 37.0 Å². The van der Waals surface area contributed by atoms with E-state index in [9.17, 15) is 4.79 Å². The molecule has 0 rings (SSSR count). The number of carbonyl (C=O) groups is 1. The van der Waals surface area contributed by atoms with Gasteiger partial charge in [-0.05, 0) is 11.5 Å². The highest BCUT2D eigenvalue weighted by Gasteiger charge is 2.02. The molecule has 0 saturated heterocycles. The fourth-order valence-electron chi connectivity index (χ4n) is 0.814. The molecule has 0 aliphatic rings. The van der Waals surface area contributed by atoms with E-state index in [-0.39, 0.29) is 8.03 Å². The normalized spacial score (nSPS) is 11.0. The van der Waals surface area contributed by atoms with Crippen molar-refractivity contribution < 1.29 is 11.0 Å². The third-order valence-electron chi connectivity index (χ3n) is 1.62. The predicted molar refractivity (Wildman–Crippen MR) is 64.8 cm³/mol. The zero-order chi connectivity index (χ0) is 11.7. The Kier molecular flexibility index (Phi) is 7.06. The topological polar surface area (TPSA) is 38.3 Å². The van der Waals surface area contributed by atoms with Gasteiger partial charge in [0, 0.05) is 7.97 Å². The van der Waals surface area contributed by atoms with Gasteiger partial charge in [0.1, 0.15) is 6.61 Å². The Bertz CT molecular complexity index is 260. The van der Waals surface area contributed by atoms with Crippen LogP contribution in [0, 0.1) is 5.92 Å². The van der Waals surface area contributed by atoms with Gasteiger partial charge in [0.15, 0.2) is 0 Å². The fraction of sp³-hybridized carbons (Fsp3) is 0.417. The molecule has 0 aliphatic carbocycles. The van der Waals surface area contributed by atoms with E-state index in [0.717, 1.165) is 5.57 Å². The molecule has 0 radical (unpaired) electrons. The quantitative estimate of drug-likeness (QED) is 0.686. The molecule has 15 heavy (non-hydrogen) atoms. The summed E-state index contributed by atoms with van der Waals surface area (Å²) in [6, 6.07) is 0. The molecule has 1 N–H and O–H groups in total. The van der Waals surface area contributed by atoms with Crippen molar-refractivity contribution in [2.75, 3.05) is 13.2 Å². The van der Waals surface area contributed by atoms with Crippen LogP contribution in [-0.4, -0.2) is 19.2 Å². The summed E-state index contributed by atoms with van der Waals surface area (Å²) in [6.45, 7) is 12.0. The van der Waals surface area contributed by atoms with Crippen molar-refractivity contribution in [2.24, 2.45) is 5.92 Å². The van der Waals surface area contributed by atoms with E-state index in [0.29, 0.717) is 12.5 Å².